The van der Waals surface area contributed by atoms with E-state index < -0.39 is 35.8 Å². The molecule has 50 heavy (non-hydrogen) atoms. The van der Waals surface area contributed by atoms with Crippen LogP contribution in [0.5, 0.6) is 0 Å². The van der Waals surface area contributed by atoms with E-state index in [1.165, 1.54) is 0 Å². The van der Waals surface area contributed by atoms with E-state index in [1.807, 2.05) is 82.6 Å². The van der Waals surface area contributed by atoms with Crippen LogP contribution in [0.1, 0.15) is 80.9 Å². The zero-order chi connectivity index (χ0) is 36.0. The summed E-state index contributed by atoms with van der Waals surface area (Å²) in [6, 6.07) is 14.4. The van der Waals surface area contributed by atoms with Crippen molar-refractivity contribution >= 4 is 29.6 Å². The van der Waals surface area contributed by atoms with Crippen LogP contribution in [0.2, 0.25) is 0 Å². The number of fused-ring (bicyclic) bond motifs is 18. The lowest BCUT2D eigenvalue weighted by Crippen LogP contribution is -2.57. The first kappa shape index (κ1) is 38.0. The second kappa shape index (κ2) is 18.8. The lowest BCUT2D eigenvalue weighted by molar-refractivity contribution is -0.132. The summed E-state index contributed by atoms with van der Waals surface area (Å²) >= 11 is 0. The molecular formula is C38H52N8O4. The summed E-state index contributed by atoms with van der Waals surface area (Å²) in [7, 11) is 0. The number of amides is 4. The van der Waals surface area contributed by atoms with E-state index in [4.69, 9.17) is 0 Å². The van der Waals surface area contributed by atoms with Gasteiger partial charge in [-0.1, -0.05) is 56.3 Å². The molecule has 0 unspecified atom stereocenters. The maximum atomic E-state index is 13.8. The van der Waals surface area contributed by atoms with Gasteiger partial charge in [0.2, 0.25) is 23.7 Å². The molecule has 1 aromatic heterocycles. The van der Waals surface area contributed by atoms with E-state index in [-0.39, 0.29) is 24.3 Å². The van der Waals surface area contributed by atoms with E-state index in [2.05, 4.69) is 41.5 Å². The minimum Gasteiger partial charge on any atom is -0.354 e. The zero-order valence-corrected chi connectivity index (χ0v) is 29.9. The number of benzene rings is 2. The molecule has 3 atom stereocenters. The van der Waals surface area contributed by atoms with E-state index in [1.54, 1.807) is 19.1 Å². The highest BCUT2D eigenvalue weighted by molar-refractivity contribution is 5.99. The number of carbonyl (C=O) groups excluding carboxylic acids is 4. The Bertz CT molecular complexity index is 1550. The van der Waals surface area contributed by atoms with Gasteiger partial charge in [-0.05, 0) is 75.8 Å². The molecule has 2 aliphatic rings. The van der Waals surface area contributed by atoms with Crippen molar-refractivity contribution in [2.45, 2.75) is 97.6 Å². The molecule has 2 bridgehead atoms. The maximum absolute atomic E-state index is 13.8. The molecule has 0 fully saturated rings. The fourth-order valence-corrected chi connectivity index (χ4v) is 5.74. The van der Waals surface area contributed by atoms with E-state index in [0.717, 1.165) is 36.1 Å². The Hall–Kier alpha value is -4.84. The predicted molar refractivity (Wildman–Crippen MR) is 194 cm³/mol. The van der Waals surface area contributed by atoms with Crippen LogP contribution in [0.25, 0.3) is 0 Å². The first-order valence-electron chi connectivity index (χ1n) is 17.6. The number of nitrogens with one attached hydrogen (secondary N) is 5. The number of aromatic nitrogens is 2. The van der Waals surface area contributed by atoms with Crippen molar-refractivity contribution in [3.05, 3.63) is 89.2 Å². The van der Waals surface area contributed by atoms with Crippen molar-refractivity contribution in [3.8, 4) is 0 Å². The van der Waals surface area contributed by atoms with Crippen LogP contribution in [0.15, 0.2) is 67.0 Å². The minimum absolute atomic E-state index is 0.0821. The lowest BCUT2D eigenvalue weighted by atomic mass is 10.0. The third kappa shape index (κ3) is 12.2. The molecule has 2 aromatic carbocycles. The fraction of sp³-hybridized carbons (Fsp3) is 0.474. The summed E-state index contributed by atoms with van der Waals surface area (Å²) in [4.78, 5) is 64.9. The molecule has 3 aromatic rings. The molecule has 12 heteroatoms. The van der Waals surface area contributed by atoms with Crippen molar-refractivity contribution in [2.75, 3.05) is 18.4 Å². The van der Waals surface area contributed by atoms with Crippen LogP contribution in [0, 0.1) is 5.92 Å². The van der Waals surface area contributed by atoms with Crippen molar-refractivity contribution in [1.29, 1.82) is 0 Å². The molecule has 0 aliphatic carbocycles. The molecule has 5 N–H and O–H groups in total. The predicted octanol–water partition coefficient (Wildman–Crippen LogP) is 3.59. The highest BCUT2D eigenvalue weighted by atomic mass is 16.2. The number of carbonyl (C=O) groups is 4. The molecule has 2 aliphatic heterocycles. The zero-order valence-electron chi connectivity index (χ0n) is 29.9. The first-order chi connectivity index (χ1) is 24.0. The standard InChI is InChI=1S/C38H52N8O4/c1-25(2)19-32-36(49)43-27(5)34(47)39-17-9-10-18-46(24-30-21-40-38(41-22-30)42-26(3)4)23-29-13-15-31(16-14-29)35(48)44-33(37(50)45-32)20-28-11-7-6-8-12-28/h6-8,11-16,21-22,25-27,32-33H,9-10,17-20,23-24H2,1-5H3,(H,39,47)(H,43,49)(H,44,48)(H,45,50)(H,40,41,42)/t27-,32+,33-/m1/s1. The van der Waals surface area contributed by atoms with Crippen LogP contribution in [-0.2, 0) is 33.9 Å². The molecular weight excluding hydrogens is 632 g/mol. The number of rotatable bonds is 8. The van der Waals surface area contributed by atoms with Gasteiger partial charge in [-0.3, -0.25) is 24.1 Å². The number of hydrogen-bond donors (Lipinski definition) is 5. The van der Waals surface area contributed by atoms with Crippen LogP contribution >= 0.6 is 0 Å². The van der Waals surface area contributed by atoms with Crippen molar-refractivity contribution in [3.63, 3.8) is 0 Å². The van der Waals surface area contributed by atoms with Crippen molar-refractivity contribution in [1.82, 2.24) is 36.1 Å². The Labute approximate surface area is 295 Å². The topological polar surface area (TPSA) is 157 Å². The summed E-state index contributed by atoms with van der Waals surface area (Å²) in [6.07, 6.45) is 5.81. The minimum atomic E-state index is -0.943. The van der Waals surface area contributed by atoms with Gasteiger partial charge in [0, 0.05) is 55.6 Å². The maximum Gasteiger partial charge on any atom is 0.251 e. The van der Waals surface area contributed by atoms with Gasteiger partial charge in [0.25, 0.3) is 5.91 Å². The Morgan fingerprint density at radius 1 is 0.800 bits per heavy atom. The Morgan fingerprint density at radius 2 is 1.48 bits per heavy atom. The second-order valence-electron chi connectivity index (χ2n) is 13.8. The van der Waals surface area contributed by atoms with Crippen molar-refractivity contribution in [2.24, 2.45) is 5.92 Å². The Balaban J connectivity index is 1.58. The van der Waals surface area contributed by atoms with E-state index in [9.17, 15) is 19.2 Å². The molecule has 0 saturated carbocycles. The van der Waals surface area contributed by atoms with Gasteiger partial charge in [-0.15, -0.1) is 0 Å². The average molecular weight is 685 g/mol. The third-order valence-electron chi connectivity index (χ3n) is 8.35. The van der Waals surface area contributed by atoms with Gasteiger partial charge < -0.3 is 26.6 Å². The van der Waals surface area contributed by atoms with Gasteiger partial charge in [-0.25, -0.2) is 9.97 Å². The summed E-state index contributed by atoms with van der Waals surface area (Å²) in [5, 5.41) is 14.7. The lowest BCUT2D eigenvalue weighted by Gasteiger charge is -2.25. The number of hydrogen-bond acceptors (Lipinski definition) is 8. The SMILES string of the molecule is CC(C)C[C@@H]1NC(=O)[C@@H](Cc2ccccc2)NC(=O)c2ccc(cc2)CN(Cc2cnc(NC(C)C)nc2)CCCCNC(=O)[C@@H](C)NC1=O. The Kier molecular flexibility index (Phi) is 14.3. The van der Waals surface area contributed by atoms with E-state index in [0.29, 0.717) is 37.6 Å². The number of anilines is 1. The van der Waals surface area contributed by atoms with Gasteiger partial charge in [-0.2, -0.15) is 0 Å². The smallest absolute Gasteiger partial charge is 0.251 e. The van der Waals surface area contributed by atoms with Crippen LogP contribution < -0.4 is 26.6 Å². The highest BCUT2D eigenvalue weighted by Gasteiger charge is 2.29. The molecule has 0 spiro atoms. The molecule has 5 rings (SSSR count). The molecule has 3 heterocycles. The summed E-state index contributed by atoms with van der Waals surface area (Å²) in [6.45, 7) is 12.1. The van der Waals surface area contributed by atoms with Crippen LogP contribution in [-0.4, -0.2) is 75.8 Å². The first-order valence-corrected chi connectivity index (χ1v) is 17.6. The molecule has 4 amide bonds. The quantitative estimate of drug-likeness (QED) is 0.226. The molecule has 0 saturated heterocycles. The fourth-order valence-electron chi connectivity index (χ4n) is 5.74. The summed E-state index contributed by atoms with van der Waals surface area (Å²) in [5.41, 5.74) is 3.28. The largest absolute Gasteiger partial charge is 0.354 e. The molecule has 12 nitrogen and oxygen atoms in total. The number of nitrogens with zero attached hydrogens (tertiary/aromatic N) is 3. The van der Waals surface area contributed by atoms with Crippen LogP contribution in [0.3, 0.4) is 0 Å². The van der Waals surface area contributed by atoms with Crippen LogP contribution in [0.4, 0.5) is 5.95 Å². The second-order valence-corrected chi connectivity index (χ2v) is 13.8. The van der Waals surface area contributed by atoms with Crippen molar-refractivity contribution < 1.29 is 19.2 Å². The summed E-state index contributed by atoms with van der Waals surface area (Å²) < 4.78 is 0. The Morgan fingerprint density at radius 3 is 2.14 bits per heavy atom. The molecule has 0 radical (unpaired) electrons. The normalized spacial score (nSPS) is 20.4. The monoisotopic (exact) mass is 684 g/mol. The average Bonchev–Trinajstić information content (AvgIpc) is 3.08. The van der Waals surface area contributed by atoms with E-state index >= 15 is 0 Å². The van der Waals surface area contributed by atoms with Gasteiger partial charge in [0.15, 0.2) is 0 Å². The van der Waals surface area contributed by atoms with Gasteiger partial charge in [0.05, 0.1) is 0 Å². The highest BCUT2D eigenvalue weighted by Crippen LogP contribution is 2.14. The summed E-state index contributed by atoms with van der Waals surface area (Å²) in [5.74, 6) is -0.947. The third-order valence-corrected chi connectivity index (χ3v) is 8.35. The van der Waals surface area contributed by atoms with Gasteiger partial charge in [0.1, 0.15) is 18.1 Å². The molecule has 268 valence electrons. The van der Waals surface area contributed by atoms with Gasteiger partial charge >= 0.3 is 0 Å².